The molecule has 4 rings (SSSR count). The Kier molecular flexibility index (Phi) is 2.46. The number of pyridine rings is 1. The molecule has 1 aromatic carbocycles. The van der Waals surface area contributed by atoms with Crippen molar-refractivity contribution in [1.82, 2.24) is 14.4 Å². The minimum absolute atomic E-state index is 0.862. The highest BCUT2D eigenvalue weighted by atomic mass is 15.0. The maximum absolute atomic E-state index is 4.71. The Labute approximate surface area is 117 Å². The van der Waals surface area contributed by atoms with Crippen LogP contribution in [0, 0.1) is 0 Å². The van der Waals surface area contributed by atoms with E-state index in [4.69, 9.17) is 4.98 Å². The molecule has 3 heteroatoms. The molecule has 0 amide bonds. The van der Waals surface area contributed by atoms with Crippen molar-refractivity contribution in [3.63, 3.8) is 0 Å². The van der Waals surface area contributed by atoms with Gasteiger partial charge in [-0.05, 0) is 24.6 Å². The summed E-state index contributed by atoms with van der Waals surface area (Å²) in [6.45, 7) is 2.21. The van der Waals surface area contributed by atoms with Crippen LogP contribution >= 0.6 is 0 Å². The van der Waals surface area contributed by atoms with Gasteiger partial charge in [-0.3, -0.25) is 0 Å². The third-order valence-corrected chi connectivity index (χ3v) is 3.75. The minimum Gasteiger partial charge on any atom is -0.305 e. The van der Waals surface area contributed by atoms with E-state index in [9.17, 15) is 0 Å². The molecule has 2 aromatic rings. The summed E-state index contributed by atoms with van der Waals surface area (Å²) in [7, 11) is 0. The van der Waals surface area contributed by atoms with Gasteiger partial charge < -0.3 is 4.40 Å². The zero-order chi connectivity index (χ0) is 13.5. The summed E-state index contributed by atoms with van der Waals surface area (Å²) in [5.41, 5.74) is 4.50. The third-order valence-electron chi connectivity index (χ3n) is 3.75. The lowest BCUT2D eigenvalue weighted by molar-refractivity contribution is 0.851. The van der Waals surface area contributed by atoms with Gasteiger partial charge in [0.2, 0.25) is 0 Å². The van der Waals surface area contributed by atoms with Gasteiger partial charge in [0.05, 0.1) is 5.52 Å². The van der Waals surface area contributed by atoms with Gasteiger partial charge in [-0.2, -0.15) is 0 Å². The molecule has 0 radical (unpaired) electrons. The Hall–Kier alpha value is -2.42. The maximum atomic E-state index is 4.71. The fraction of sp³-hybridized carbons (Fsp3) is 0.176. The monoisotopic (exact) mass is 261 g/mol. The molecule has 1 aromatic heterocycles. The molecule has 0 saturated heterocycles. The fourth-order valence-electron chi connectivity index (χ4n) is 2.90. The van der Waals surface area contributed by atoms with E-state index in [0.717, 1.165) is 29.8 Å². The van der Waals surface area contributed by atoms with Crippen LogP contribution in [0.1, 0.15) is 19.0 Å². The predicted octanol–water partition coefficient (Wildman–Crippen LogP) is 3.94. The Balaban J connectivity index is 2.23. The van der Waals surface area contributed by atoms with Crippen LogP contribution < -0.4 is 0 Å². The highest BCUT2D eigenvalue weighted by Gasteiger charge is 2.19. The number of hydrogen-bond acceptors (Lipinski definition) is 2. The van der Waals surface area contributed by atoms with E-state index in [1.54, 1.807) is 0 Å². The number of fused-ring (bicyclic) bond motifs is 4. The molecule has 0 saturated carbocycles. The van der Waals surface area contributed by atoms with Gasteiger partial charge in [0.15, 0.2) is 5.82 Å². The zero-order valence-corrected chi connectivity index (χ0v) is 11.4. The molecule has 0 atom stereocenters. The van der Waals surface area contributed by atoms with Crippen molar-refractivity contribution in [3.05, 3.63) is 54.4 Å². The summed E-state index contributed by atoms with van der Waals surface area (Å²) in [5.74, 6) is 0.862. The van der Waals surface area contributed by atoms with E-state index < -0.39 is 0 Å². The molecule has 3 heterocycles. The second-order valence-corrected chi connectivity index (χ2v) is 5.06. The molecule has 0 aliphatic carbocycles. The standard InChI is InChI=1S/C17H15N3/c1-2-7-14-16-12-8-3-4-9-13(12)18-17(16)19-15-10-5-6-11-20(14)15/h3-6,8-11H,2,7H2,1H3. The first kappa shape index (κ1) is 11.4. The molecule has 0 bridgehead atoms. The average Bonchev–Trinajstić information content (AvgIpc) is 2.85. The van der Waals surface area contributed by atoms with Crippen LogP contribution in [-0.4, -0.2) is 14.4 Å². The molecular weight excluding hydrogens is 246 g/mol. The molecule has 2 aliphatic rings. The van der Waals surface area contributed by atoms with Gasteiger partial charge in [-0.25, -0.2) is 9.97 Å². The highest BCUT2D eigenvalue weighted by Crippen LogP contribution is 2.33. The Morgan fingerprint density at radius 3 is 2.75 bits per heavy atom. The fourth-order valence-corrected chi connectivity index (χ4v) is 2.90. The molecule has 0 unspecified atom stereocenters. The summed E-state index contributed by atoms with van der Waals surface area (Å²) in [4.78, 5) is 9.39. The van der Waals surface area contributed by atoms with Gasteiger partial charge in [0.1, 0.15) is 5.65 Å². The number of aryl methyl sites for hydroxylation is 1. The Morgan fingerprint density at radius 1 is 1.00 bits per heavy atom. The number of para-hydroxylation sites is 1. The molecule has 0 N–H and O–H groups in total. The van der Waals surface area contributed by atoms with Crippen LogP contribution in [0.4, 0.5) is 0 Å². The van der Waals surface area contributed by atoms with Crippen LogP contribution in [0.25, 0.3) is 27.9 Å². The van der Waals surface area contributed by atoms with Crippen LogP contribution in [0.15, 0.2) is 48.7 Å². The van der Waals surface area contributed by atoms with Crippen LogP contribution in [0.5, 0.6) is 0 Å². The van der Waals surface area contributed by atoms with E-state index in [-0.39, 0.29) is 0 Å². The van der Waals surface area contributed by atoms with Gasteiger partial charge in [0, 0.05) is 22.8 Å². The number of benzene rings is 1. The van der Waals surface area contributed by atoms with E-state index in [1.165, 1.54) is 16.6 Å². The van der Waals surface area contributed by atoms with Gasteiger partial charge >= 0.3 is 0 Å². The predicted molar refractivity (Wildman–Crippen MR) is 81.1 cm³/mol. The summed E-state index contributed by atoms with van der Waals surface area (Å²) < 4.78 is 2.19. The summed E-state index contributed by atoms with van der Waals surface area (Å²) in [6.07, 6.45) is 4.23. The summed E-state index contributed by atoms with van der Waals surface area (Å²) >= 11 is 0. The van der Waals surface area contributed by atoms with Crippen molar-refractivity contribution in [2.45, 2.75) is 19.8 Å². The number of aromatic nitrogens is 3. The van der Waals surface area contributed by atoms with Gasteiger partial charge in [-0.15, -0.1) is 0 Å². The lowest BCUT2D eigenvalue weighted by atomic mass is 10.1. The van der Waals surface area contributed by atoms with E-state index in [0.29, 0.717) is 0 Å². The van der Waals surface area contributed by atoms with E-state index in [1.807, 2.05) is 18.2 Å². The Bertz CT molecular complexity index is 876. The molecule has 2 aliphatic heterocycles. The lowest BCUT2D eigenvalue weighted by Gasteiger charge is -2.12. The van der Waals surface area contributed by atoms with Crippen molar-refractivity contribution in [2.24, 2.45) is 0 Å². The van der Waals surface area contributed by atoms with Gasteiger partial charge in [0.25, 0.3) is 0 Å². The Morgan fingerprint density at radius 2 is 1.85 bits per heavy atom. The summed E-state index contributed by atoms with van der Waals surface area (Å²) in [5, 5.41) is 1.21. The molecule has 98 valence electrons. The lowest BCUT2D eigenvalue weighted by Crippen LogP contribution is -2.04. The average molecular weight is 261 g/mol. The van der Waals surface area contributed by atoms with Crippen molar-refractivity contribution >= 4 is 16.6 Å². The smallest absolute Gasteiger partial charge is 0.164 e. The van der Waals surface area contributed by atoms with Crippen LogP contribution in [0.3, 0.4) is 0 Å². The third kappa shape index (κ3) is 1.53. The van der Waals surface area contributed by atoms with Crippen molar-refractivity contribution in [2.75, 3.05) is 0 Å². The summed E-state index contributed by atoms with van der Waals surface area (Å²) in [6, 6.07) is 14.4. The first-order valence-electron chi connectivity index (χ1n) is 7.03. The van der Waals surface area contributed by atoms with E-state index in [2.05, 4.69) is 46.8 Å². The maximum Gasteiger partial charge on any atom is 0.164 e. The van der Waals surface area contributed by atoms with E-state index >= 15 is 0 Å². The van der Waals surface area contributed by atoms with Crippen LogP contribution in [0.2, 0.25) is 0 Å². The minimum atomic E-state index is 0.862. The molecule has 0 fully saturated rings. The second kappa shape index (κ2) is 4.30. The topological polar surface area (TPSA) is 30.2 Å². The van der Waals surface area contributed by atoms with Crippen molar-refractivity contribution in [1.29, 1.82) is 0 Å². The number of nitrogens with zero attached hydrogens (tertiary/aromatic N) is 3. The largest absolute Gasteiger partial charge is 0.305 e. The molecular formula is C17H15N3. The van der Waals surface area contributed by atoms with Crippen molar-refractivity contribution < 1.29 is 0 Å². The highest BCUT2D eigenvalue weighted by molar-refractivity contribution is 5.97. The molecule has 0 spiro atoms. The second-order valence-electron chi connectivity index (χ2n) is 5.06. The first-order chi connectivity index (χ1) is 9.88. The molecule has 3 nitrogen and oxygen atoms in total. The normalized spacial score (nSPS) is 11.7. The molecule has 20 heavy (non-hydrogen) atoms. The van der Waals surface area contributed by atoms with Crippen molar-refractivity contribution in [3.8, 4) is 11.4 Å². The van der Waals surface area contributed by atoms with Crippen LogP contribution in [-0.2, 0) is 6.42 Å². The zero-order valence-electron chi connectivity index (χ0n) is 11.4. The SMILES string of the molecule is CCCc1c2c3ccccc3nc-2nc2ccccn12. The quantitative estimate of drug-likeness (QED) is 0.547. The number of rotatable bonds is 2. The first-order valence-corrected chi connectivity index (χ1v) is 7.03. The number of hydrogen-bond donors (Lipinski definition) is 0. The van der Waals surface area contributed by atoms with Gasteiger partial charge in [-0.1, -0.05) is 37.6 Å².